The second-order valence-corrected chi connectivity index (χ2v) is 6.83. The van der Waals surface area contributed by atoms with E-state index in [0.29, 0.717) is 22.2 Å². The highest BCUT2D eigenvalue weighted by Crippen LogP contribution is 2.24. The summed E-state index contributed by atoms with van der Waals surface area (Å²) in [5.74, 6) is -0.632. The van der Waals surface area contributed by atoms with Gasteiger partial charge in [0.25, 0.3) is 11.2 Å². The summed E-state index contributed by atoms with van der Waals surface area (Å²) in [4.78, 5) is 47.2. The van der Waals surface area contributed by atoms with Gasteiger partial charge in [0.1, 0.15) is 12.3 Å². The number of amides is 1. The molecule has 10 nitrogen and oxygen atoms in total. The summed E-state index contributed by atoms with van der Waals surface area (Å²) in [6.45, 7) is 3.23. The standard InChI is InChI=1S/C22H21N3O7/c1-3-31-22(28)14(2)32-19-6-4-5-18-17(19)11-12-24(21(18)27)13-20(26)23-15-7-9-16(10-8-15)25(29)30/h4-12,14H,3,13H2,1-2H3,(H,23,26)/t14-/m0/s1. The molecule has 166 valence electrons. The molecule has 0 aliphatic carbocycles. The summed E-state index contributed by atoms with van der Waals surface area (Å²) in [6, 6.07) is 11.9. The number of pyridine rings is 1. The van der Waals surface area contributed by atoms with E-state index in [-0.39, 0.29) is 18.8 Å². The molecule has 0 saturated carbocycles. The fraction of sp³-hybridized carbons (Fsp3) is 0.227. The molecule has 3 aromatic rings. The minimum atomic E-state index is -0.851. The van der Waals surface area contributed by atoms with Gasteiger partial charge in [-0.15, -0.1) is 0 Å². The molecule has 0 bridgehead atoms. The molecule has 0 fully saturated rings. The van der Waals surface area contributed by atoms with Crippen LogP contribution in [0.1, 0.15) is 13.8 Å². The van der Waals surface area contributed by atoms with Crippen LogP contribution in [0.25, 0.3) is 10.8 Å². The Balaban J connectivity index is 1.77. The van der Waals surface area contributed by atoms with Crippen LogP contribution in [0.4, 0.5) is 11.4 Å². The van der Waals surface area contributed by atoms with Crippen molar-refractivity contribution in [2.24, 2.45) is 0 Å². The van der Waals surface area contributed by atoms with Gasteiger partial charge in [-0.2, -0.15) is 0 Å². The van der Waals surface area contributed by atoms with Gasteiger partial charge in [-0.1, -0.05) is 6.07 Å². The van der Waals surface area contributed by atoms with Gasteiger partial charge in [-0.25, -0.2) is 4.79 Å². The highest BCUT2D eigenvalue weighted by molar-refractivity contribution is 5.91. The number of anilines is 1. The van der Waals surface area contributed by atoms with Crippen molar-refractivity contribution in [1.29, 1.82) is 0 Å². The number of hydrogen-bond donors (Lipinski definition) is 1. The third-order valence-electron chi connectivity index (χ3n) is 4.58. The molecule has 1 atom stereocenters. The van der Waals surface area contributed by atoms with Gasteiger partial charge in [0.05, 0.1) is 16.9 Å². The quantitative estimate of drug-likeness (QED) is 0.324. The Morgan fingerprint density at radius 2 is 1.84 bits per heavy atom. The number of rotatable bonds is 8. The predicted molar refractivity (Wildman–Crippen MR) is 117 cm³/mol. The van der Waals surface area contributed by atoms with Gasteiger partial charge in [0.15, 0.2) is 6.10 Å². The number of nitro groups is 1. The van der Waals surface area contributed by atoms with Gasteiger partial charge >= 0.3 is 5.97 Å². The van der Waals surface area contributed by atoms with Crippen LogP contribution in [0.3, 0.4) is 0 Å². The Labute approximate surface area is 182 Å². The third kappa shape index (κ3) is 5.09. The number of aromatic nitrogens is 1. The van der Waals surface area contributed by atoms with Gasteiger partial charge in [-0.05, 0) is 44.2 Å². The first-order valence-corrected chi connectivity index (χ1v) is 9.80. The highest BCUT2D eigenvalue weighted by Gasteiger charge is 2.18. The maximum atomic E-state index is 12.9. The van der Waals surface area contributed by atoms with Crippen molar-refractivity contribution in [3.05, 3.63) is 75.2 Å². The first kappa shape index (κ1) is 22.5. The molecule has 0 radical (unpaired) electrons. The fourth-order valence-electron chi connectivity index (χ4n) is 3.04. The summed E-state index contributed by atoms with van der Waals surface area (Å²) >= 11 is 0. The zero-order valence-corrected chi connectivity index (χ0v) is 17.4. The zero-order valence-electron chi connectivity index (χ0n) is 17.4. The average molecular weight is 439 g/mol. The predicted octanol–water partition coefficient (Wildman–Crippen LogP) is 2.88. The number of carbonyl (C=O) groups excluding carboxylic acids is 2. The molecule has 10 heteroatoms. The van der Waals surface area contributed by atoms with Gasteiger partial charge < -0.3 is 19.4 Å². The van der Waals surface area contributed by atoms with E-state index >= 15 is 0 Å². The molecule has 1 aromatic heterocycles. The number of ether oxygens (including phenoxy) is 2. The normalized spacial score (nSPS) is 11.6. The lowest BCUT2D eigenvalue weighted by atomic mass is 10.1. The summed E-state index contributed by atoms with van der Waals surface area (Å²) in [6.07, 6.45) is 0.609. The van der Waals surface area contributed by atoms with Crippen molar-refractivity contribution < 1.29 is 24.0 Å². The third-order valence-corrected chi connectivity index (χ3v) is 4.58. The molecule has 1 amide bonds. The maximum Gasteiger partial charge on any atom is 0.347 e. The number of nitrogens with zero attached hydrogens (tertiary/aromatic N) is 2. The topological polar surface area (TPSA) is 130 Å². The molecular weight excluding hydrogens is 418 g/mol. The number of nitro benzene ring substituents is 1. The number of carbonyl (C=O) groups is 2. The minimum absolute atomic E-state index is 0.0935. The molecular formula is C22H21N3O7. The van der Waals surface area contributed by atoms with Crippen LogP contribution in [-0.4, -0.2) is 34.1 Å². The average Bonchev–Trinajstić information content (AvgIpc) is 2.76. The Morgan fingerprint density at radius 3 is 2.50 bits per heavy atom. The van der Waals surface area contributed by atoms with Crippen LogP contribution < -0.4 is 15.6 Å². The lowest BCUT2D eigenvalue weighted by Gasteiger charge is -2.15. The fourth-order valence-corrected chi connectivity index (χ4v) is 3.04. The molecule has 0 unspecified atom stereocenters. The van der Waals surface area contributed by atoms with Gasteiger partial charge in [0, 0.05) is 29.4 Å². The zero-order chi connectivity index (χ0) is 23.3. The number of hydrogen-bond acceptors (Lipinski definition) is 7. The van der Waals surface area contributed by atoms with E-state index in [2.05, 4.69) is 5.32 Å². The lowest BCUT2D eigenvalue weighted by Crippen LogP contribution is -2.28. The highest BCUT2D eigenvalue weighted by atomic mass is 16.6. The number of nitrogens with one attached hydrogen (secondary N) is 1. The van der Waals surface area contributed by atoms with Gasteiger partial charge in [0.2, 0.25) is 5.91 Å². The van der Waals surface area contributed by atoms with Crippen molar-refractivity contribution in [3.8, 4) is 5.75 Å². The Kier molecular flexibility index (Phi) is 6.83. The Bertz CT molecular complexity index is 1220. The molecule has 2 aromatic carbocycles. The van der Waals surface area contributed by atoms with E-state index in [1.165, 1.54) is 35.0 Å². The van der Waals surface area contributed by atoms with E-state index in [9.17, 15) is 24.5 Å². The first-order valence-electron chi connectivity index (χ1n) is 9.80. The summed E-state index contributed by atoms with van der Waals surface area (Å²) in [7, 11) is 0. The largest absolute Gasteiger partial charge is 0.478 e. The second kappa shape index (κ2) is 9.73. The smallest absolute Gasteiger partial charge is 0.347 e. The monoisotopic (exact) mass is 439 g/mol. The molecule has 0 aliphatic rings. The van der Waals surface area contributed by atoms with Crippen LogP contribution in [-0.2, 0) is 20.9 Å². The van der Waals surface area contributed by atoms with E-state index in [1.807, 2.05) is 0 Å². The van der Waals surface area contributed by atoms with E-state index in [1.54, 1.807) is 38.1 Å². The summed E-state index contributed by atoms with van der Waals surface area (Å²) in [5.41, 5.74) is -0.127. The summed E-state index contributed by atoms with van der Waals surface area (Å²) in [5, 5.41) is 14.1. The van der Waals surface area contributed by atoms with Crippen LogP contribution in [0.2, 0.25) is 0 Å². The van der Waals surface area contributed by atoms with Crippen molar-refractivity contribution in [2.45, 2.75) is 26.5 Å². The maximum absolute atomic E-state index is 12.9. The van der Waals surface area contributed by atoms with Crippen molar-refractivity contribution >= 4 is 34.0 Å². The van der Waals surface area contributed by atoms with E-state index in [0.717, 1.165) is 0 Å². The van der Waals surface area contributed by atoms with Crippen LogP contribution in [0.5, 0.6) is 5.75 Å². The number of fused-ring (bicyclic) bond motifs is 1. The van der Waals surface area contributed by atoms with Crippen molar-refractivity contribution in [2.75, 3.05) is 11.9 Å². The molecule has 1 heterocycles. The number of esters is 1. The molecule has 32 heavy (non-hydrogen) atoms. The Hall–Kier alpha value is -4.21. The van der Waals surface area contributed by atoms with Crippen LogP contribution in [0, 0.1) is 10.1 Å². The van der Waals surface area contributed by atoms with E-state index < -0.39 is 28.5 Å². The van der Waals surface area contributed by atoms with Crippen LogP contribution >= 0.6 is 0 Å². The molecule has 0 saturated heterocycles. The Morgan fingerprint density at radius 1 is 1.12 bits per heavy atom. The number of non-ortho nitro benzene ring substituents is 1. The number of benzene rings is 2. The van der Waals surface area contributed by atoms with Crippen molar-refractivity contribution in [3.63, 3.8) is 0 Å². The minimum Gasteiger partial charge on any atom is -0.478 e. The van der Waals surface area contributed by atoms with Gasteiger partial charge in [-0.3, -0.25) is 19.7 Å². The lowest BCUT2D eigenvalue weighted by molar-refractivity contribution is -0.384. The summed E-state index contributed by atoms with van der Waals surface area (Å²) < 4.78 is 11.8. The van der Waals surface area contributed by atoms with E-state index in [4.69, 9.17) is 9.47 Å². The molecule has 3 rings (SSSR count). The first-order chi connectivity index (χ1) is 15.3. The van der Waals surface area contributed by atoms with Crippen molar-refractivity contribution in [1.82, 2.24) is 4.57 Å². The second-order valence-electron chi connectivity index (χ2n) is 6.83. The molecule has 1 N–H and O–H groups in total. The SMILES string of the molecule is CCOC(=O)[C@H](C)Oc1cccc2c(=O)n(CC(=O)Nc3ccc([N+](=O)[O-])cc3)ccc12. The molecule has 0 spiro atoms. The molecule has 0 aliphatic heterocycles. The van der Waals surface area contributed by atoms with Crippen LogP contribution in [0.15, 0.2) is 59.5 Å².